The van der Waals surface area contributed by atoms with Crippen molar-refractivity contribution in [2.24, 2.45) is 0 Å². The largest absolute Gasteiger partial charge is 0.264 e. The minimum atomic E-state index is 0.871. The number of hydrogen-bond acceptors (Lipinski definition) is 4. The summed E-state index contributed by atoms with van der Waals surface area (Å²) in [6.45, 7) is 0. The van der Waals surface area contributed by atoms with E-state index in [4.69, 9.17) is 9.97 Å². The molecule has 0 amide bonds. The summed E-state index contributed by atoms with van der Waals surface area (Å²) >= 11 is 0. The van der Waals surface area contributed by atoms with Gasteiger partial charge < -0.3 is 0 Å². The molecule has 0 saturated carbocycles. The molecule has 0 fully saturated rings. The number of rotatable bonds is 3. The Morgan fingerprint density at radius 1 is 0.405 bits per heavy atom. The molecular formula is C38H22N4. The van der Waals surface area contributed by atoms with Gasteiger partial charge in [-0.3, -0.25) is 9.97 Å². The molecule has 0 saturated heterocycles. The second-order valence-electron chi connectivity index (χ2n) is 10.7. The topological polar surface area (TPSA) is 51.6 Å². The molecule has 0 N–H and O–H groups in total. The lowest BCUT2D eigenvalue weighted by Gasteiger charge is -2.11. The highest BCUT2D eigenvalue weighted by atomic mass is 14.8. The Kier molecular flexibility index (Phi) is 4.87. The van der Waals surface area contributed by atoms with E-state index in [1.54, 1.807) is 6.20 Å². The summed E-state index contributed by atoms with van der Waals surface area (Å²) in [5.74, 6) is 0. The summed E-state index contributed by atoms with van der Waals surface area (Å²) in [6.07, 6.45) is 5.47. The first kappa shape index (κ1) is 23.0. The maximum atomic E-state index is 5.26. The molecule has 1 aliphatic rings. The molecular weight excluding hydrogens is 512 g/mol. The molecule has 0 bridgehead atoms. The number of pyridine rings is 4. The maximum absolute atomic E-state index is 5.26. The molecule has 42 heavy (non-hydrogen) atoms. The third-order valence-corrected chi connectivity index (χ3v) is 8.36. The van der Waals surface area contributed by atoms with Gasteiger partial charge in [0.05, 0.1) is 28.1 Å². The Bertz CT molecular complexity index is 2310. The summed E-state index contributed by atoms with van der Waals surface area (Å²) in [7, 11) is 0. The van der Waals surface area contributed by atoms with E-state index >= 15 is 0 Å². The monoisotopic (exact) mass is 534 g/mol. The van der Waals surface area contributed by atoms with Gasteiger partial charge >= 0.3 is 0 Å². The van der Waals surface area contributed by atoms with Gasteiger partial charge in [0.2, 0.25) is 0 Å². The third kappa shape index (κ3) is 3.42. The molecule has 4 aromatic carbocycles. The van der Waals surface area contributed by atoms with Crippen molar-refractivity contribution in [3.63, 3.8) is 0 Å². The zero-order chi connectivity index (χ0) is 27.6. The van der Waals surface area contributed by atoms with Crippen molar-refractivity contribution in [1.82, 2.24) is 19.9 Å². The van der Waals surface area contributed by atoms with E-state index in [0.717, 1.165) is 55.6 Å². The van der Waals surface area contributed by atoms with Gasteiger partial charge in [0.1, 0.15) is 0 Å². The average Bonchev–Trinajstić information content (AvgIpc) is 3.40. The number of nitrogens with zero attached hydrogens (tertiary/aromatic N) is 4. The zero-order valence-electron chi connectivity index (χ0n) is 22.5. The second-order valence-corrected chi connectivity index (χ2v) is 10.7. The lowest BCUT2D eigenvalue weighted by Crippen LogP contribution is -1.92. The first-order chi connectivity index (χ1) is 20.8. The van der Waals surface area contributed by atoms with Crippen LogP contribution in [0.2, 0.25) is 0 Å². The molecule has 0 aliphatic heterocycles. The predicted octanol–water partition coefficient (Wildman–Crippen LogP) is 9.37. The Balaban J connectivity index is 1.19. The molecule has 1 aliphatic carbocycles. The van der Waals surface area contributed by atoms with Crippen LogP contribution in [0.1, 0.15) is 0 Å². The Morgan fingerprint density at radius 3 is 1.79 bits per heavy atom. The molecule has 4 heterocycles. The lowest BCUT2D eigenvalue weighted by molar-refractivity contribution is 1.27. The van der Waals surface area contributed by atoms with Gasteiger partial charge in [0.25, 0.3) is 0 Å². The highest BCUT2D eigenvalue weighted by molar-refractivity contribution is 6.18. The van der Waals surface area contributed by atoms with Crippen LogP contribution in [0.3, 0.4) is 0 Å². The molecule has 0 radical (unpaired) electrons. The zero-order valence-corrected chi connectivity index (χ0v) is 22.5. The van der Waals surface area contributed by atoms with Crippen LogP contribution >= 0.6 is 0 Å². The lowest BCUT2D eigenvalue weighted by atomic mass is 9.96. The van der Waals surface area contributed by atoms with Gasteiger partial charge in [-0.1, -0.05) is 78.9 Å². The van der Waals surface area contributed by atoms with Gasteiger partial charge in [-0.2, -0.15) is 0 Å². The van der Waals surface area contributed by atoms with Crippen molar-refractivity contribution in [2.75, 3.05) is 0 Å². The van der Waals surface area contributed by atoms with E-state index in [0.29, 0.717) is 0 Å². The number of benzene rings is 4. The third-order valence-electron chi connectivity index (χ3n) is 8.36. The Hall–Kier alpha value is -5.74. The van der Waals surface area contributed by atoms with Gasteiger partial charge in [-0.15, -0.1) is 0 Å². The Labute approximate surface area is 242 Å². The summed E-state index contributed by atoms with van der Waals surface area (Å²) < 4.78 is 0. The van der Waals surface area contributed by atoms with E-state index in [2.05, 4.69) is 107 Å². The Morgan fingerprint density at radius 2 is 1.05 bits per heavy atom. The van der Waals surface area contributed by atoms with Crippen molar-refractivity contribution < 1.29 is 0 Å². The van der Waals surface area contributed by atoms with E-state index in [1.807, 2.05) is 30.6 Å². The van der Waals surface area contributed by atoms with Gasteiger partial charge in [-0.05, 0) is 69.4 Å². The smallest absolute Gasteiger partial charge is 0.0972 e. The fourth-order valence-corrected chi connectivity index (χ4v) is 6.34. The van der Waals surface area contributed by atoms with Crippen LogP contribution in [0.15, 0.2) is 134 Å². The van der Waals surface area contributed by atoms with Crippen LogP contribution in [0.4, 0.5) is 0 Å². The molecule has 194 valence electrons. The summed E-state index contributed by atoms with van der Waals surface area (Å²) in [5.41, 5.74) is 12.8. The fourth-order valence-electron chi connectivity index (χ4n) is 6.34. The first-order valence-corrected chi connectivity index (χ1v) is 14.1. The van der Waals surface area contributed by atoms with Crippen molar-refractivity contribution >= 4 is 32.6 Å². The maximum Gasteiger partial charge on any atom is 0.0972 e. The number of aromatic nitrogens is 4. The van der Waals surface area contributed by atoms with E-state index in [1.165, 1.54) is 33.0 Å². The van der Waals surface area contributed by atoms with Crippen LogP contribution in [0.25, 0.3) is 88.6 Å². The van der Waals surface area contributed by atoms with E-state index in [9.17, 15) is 0 Å². The summed E-state index contributed by atoms with van der Waals surface area (Å²) in [4.78, 5) is 19.3. The molecule has 0 unspecified atom stereocenters. The predicted molar refractivity (Wildman–Crippen MR) is 171 cm³/mol. The average molecular weight is 535 g/mol. The molecule has 0 spiro atoms. The van der Waals surface area contributed by atoms with Crippen molar-refractivity contribution in [2.45, 2.75) is 0 Å². The van der Waals surface area contributed by atoms with Crippen LogP contribution in [-0.2, 0) is 0 Å². The fraction of sp³-hybridized carbons (Fsp3) is 0. The van der Waals surface area contributed by atoms with Gasteiger partial charge in [0, 0.05) is 46.1 Å². The summed E-state index contributed by atoms with van der Waals surface area (Å²) in [6, 6.07) is 40.5. The number of hydrogen-bond donors (Lipinski definition) is 0. The molecule has 4 nitrogen and oxygen atoms in total. The quantitative estimate of drug-likeness (QED) is 0.212. The molecule has 4 heteroatoms. The first-order valence-electron chi connectivity index (χ1n) is 14.1. The standard InChI is InChI=1S/C38H22N4/c1-2-7-28-27(6-1)30-8-3-9-31-29(15-16-32(28)36(30)31)35-19-13-24-11-10-23-12-18-34(41-37(23)38(24)42-35)26-14-17-33(40-22-26)25-5-4-20-39-21-25/h1-22H. The minimum Gasteiger partial charge on any atom is -0.264 e. The SMILES string of the molecule is c1cncc(-c2ccc(-c3ccc4ccc5ccc(-c6ccc7c8c(cccc68)-c6ccccc6-7)nc5c4n3)cn2)c1. The van der Waals surface area contributed by atoms with Crippen LogP contribution in [0.5, 0.6) is 0 Å². The van der Waals surface area contributed by atoms with Crippen LogP contribution < -0.4 is 0 Å². The van der Waals surface area contributed by atoms with Crippen molar-refractivity contribution in [3.05, 3.63) is 134 Å². The highest BCUT2D eigenvalue weighted by Crippen LogP contribution is 2.49. The van der Waals surface area contributed by atoms with Crippen LogP contribution in [-0.4, -0.2) is 19.9 Å². The molecule has 8 aromatic rings. The normalized spacial score (nSPS) is 11.8. The van der Waals surface area contributed by atoms with E-state index in [-0.39, 0.29) is 0 Å². The highest BCUT2D eigenvalue weighted by Gasteiger charge is 2.22. The van der Waals surface area contributed by atoms with E-state index < -0.39 is 0 Å². The molecule has 9 rings (SSSR count). The molecule has 0 atom stereocenters. The minimum absolute atomic E-state index is 0.871. The second kappa shape index (κ2) is 8.88. The van der Waals surface area contributed by atoms with Crippen molar-refractivity contribution in [1.29, 1.82) is 0 Å². The van der Waals surface area contributed by atoms with Gasteiger partial charge in [0.15, 0.2) is 0 Å². The summed E-state index contributed by atoms with van der Waals surface area (Å²) in [5, 5.41) is 4.66. The van der Waals surface area contributed by atoms with Gasteiger partial charge in [-0.25, -0.2) is 9.97 Å². The number of fused-ring (bicyclic) bond motifs is 6. The van der Waals surface area contributed by atoms with Crippen LogP contribution in [0, 0.1) is 0 Å². The molecule has 4 aromatic heterocycles. The van der Waals surface area contributed by atoms with Crippen molar-refractivity contribution in [3.8, 4) is 56.0 Å².